The van der Waals surface area contributed by atoms with E-state index in [1.54, 1.807) is 18.2 Å². The van der Waals surface area contributed by atoms with Crippen LogP contribution in [0.25, 0.3) is 0 Å². The molecule has 2 aromatic rings. The molecular formula is C10H6BrFN2OS. The molecule has 3 nitrogen and oxygen atoms in total. The van der Waals surface area contributed by atoms with Crippen LogP contribution in [0.1, 0.15) is 0 Å². The van der Waals surface area contributed by atoms with Crippen molar-refractivity contribution >= 4 is 27.7 Å². The first-order valence-corrected chi connectivity index (χ1v) is 5.95. The predicted octanol–water partition coefficient (Wildman–Crippen LogP) is 2.82. The van der Waals surface area contributed by atoms with Gasteiger partial charge in [0.15, 0.2) is 0 Å². The highest BCUT2D eigenvalue weighted by molar-refractivity contribution is 9.10. The maximum Gasteiger partial charge on any atom is 0.266 e. The van der Waals surface area contributed by atoms with Crippen LogP contribution in [0.3, 0.4) is 0 Å². The van der Waals surface area contributed by atoms with Crippen molar-refractivity contribution in [1.82, 2.24) is 9.97 Å². The molecular weight excluding hydrogens is 295 g/mol. The fourth-order valence-electron chi connectivity index (χ4n) is 1.07. The topological polar surface area (TPSA) is 45.8 Å². The molecule has 0 saturated carbocycles. The van der Waals surface area contributed by atoms with Crippen LogP contribution < -0.4 is 5.56 Å². The largest absolute Gasteiger partial charge is 0.312 e. The van der Waals surface area contributed by atoms with Crippen LogP contribution in [0.15, 0.2) is 49.8 Å². The molecule has 1 N–H and O–H groups in total. The van der Waals surface area contributed by atoms with Crippen molar-refractivity contribution in [1.29, 1.82) is 0 Å². The van der Waals surface area contributed by atoms with E-state index in [0.717, 1.165) is 11.8 Å². The minimum Gasteiger partial charge on any atom is -0.312 e. The molecule has 6 heteroatoms. The molecule has 82 valence electrons. The second kappa shape index (κ2) is 4.80. The van der Waals surface area contributed by atoms with E-state index in [2.05, 4.69) is 25.9 Å². The van der Waals surface area contributed by atoms with Gasteiger partial charge in [-0.15, -0.1) is 0 Å². The van der Waals surface area contributed by atoms with E-state index in [0.29, 0.717) is 14.4 Å². The third-order valence-corrected chi connectivity index (χ3v) is 3.86. The molecule has 0 aliphatic carbocycles. The SMILES string of the molecule is O=c1[nH]cnc(Sc2ccccc2F)c1Br. The Labute approximate surface area is 103 Å². The molecule has 0 spiro atoms. The maximum atomic E-state index is 13.4. The van der Waals surface area contributed by atoms with Crippen molar-refractivity contribution in [2.75, 3.05) is 0 Å². The second-order valence-corrected chi connectivity index (χ2v) is 4.71. The lowest BCUT2D eigenvalue weighted by atomic mass is 10.3. The minimum absolute atomic E-state index is 0.283. The Kier molecular flexibility index (Phi) is 3.40. The van der Waals surface area contributed by atoms with Crippen LogP contribution in [0, 0.1) is 5.82 Å². The van der Waals surface area contributed by atoms with Gasteiger partial charge >= 0.3 is 0 Å². The van der Waals surface area contributed by atoms with Gasteiger partial charge in [0, 0.05) is 4.90 Å². The van der Waals surface area contributed by atoms with Gasteiger partial charge in [0.25, 0.3) is 5.56 Å². The van der Waals surface area contributed by atoms with Crippen LogP contribution in [-0.2, 0) is 0 Å². The number of benzene rings is 1. The number of hydrogen-bond acceptors (Lipinski definition) is 3. The smallest absolute Gasteiger partial charge is 0.266 e. The number of nitrogens with zero attached hydrogens (tertiary/aromatic N) is 1. The van der Waals surface area contributed by atoms with E-state index >= 15 is 0 Å². The average Bonchev–Trinajstić information content (AvgIpc) is 2.28. The molecule has 2 rings (SSSR count). The fourth-order valence-corrected chi connectivity index (χ4v) is 2.34. The zero-order chi connectivity index (χ0) is 11.5. The average molecular weight is 301 g/mol. The summed E-state index contributed by atoms with van der Waals surface area (Å²) in [7, 11) is 0. The summed E-state index contributed by atoms with van der Waals surface area (Å²) in [6.45, 7) is 0. The summed E-state index contributed by atoms with van der Waals surface area (Å²) < 4.78 is 13.7. The molecule has 0 unspecified atom stereocenters. The lowest BCUT2D eigenvalue weighted by Gasteiger charge is -2.02. The normalized spacial score (nSPS) is 10.4. The van der Waals surface area contributed by atoms with E-state index in [4.69, 9.17) is 0 Å². The number of hydrogen-bond donors (Lipinski definition) is 1. The fraction of sp³-hybridized carbons (Fsp3) is 0. The standard InChI is InChI=1S/C10H6BrFN2OS/c11-8-9(15)13-5-14-10(8)16-7-4-2-1-3-6(7)12/h1-5H,(H,13,14,15). The Bertz CT molecular complexity index is 573. The molecule has 1 aromatic carbocycles. The van der Waals surface area contributed by atoms with Gasteiger partial charge in [-0.1, -0.05) is 23.9 Å². The van der Waals surface area contributed by atoms with Gasteiger partial charge in [0.1, 0.15) is 15.3 Å². The summed E-state index contributed by atoms with van der Waals surface area (Å²) in [6, 6.07) is 6.34. The van der Waals surface area contributed by atoms with Crippen molar-refractivity contribution in [2.24, 2.45) is 0 Å². The summed E-state index contributed by atoms with van der Waals surface area (Å²) in [5.41, 5.74) is -0.283. The summed E-state index contributed by atoms with van der Waals surface area (Å²) in [5, 5.41) is 0.439. The third-order valence-electron chi connectivity index (χ3n) is 1.81. The highest BCUT2D eigenvalue weighted by Gasteiger charge is 2.09. The molecule has 1 aromatic heterocycles. The van der Waals surface area contributed by atoms with Gasteiger partial charge < -0.3 is 4.98 Å². The molecule has 0 aliphatic rings. The second-order valence-electron chi connectivity index (χ2n) is 2.88. The summed E-state index contributed by atoms with van der Waals surface area (Å²) in [5.74, 6) is -0.332. The Morgan fingerprint density at radius 2 is 2.12 bits per heavy atom. The molecule has 0 amide bonds. The Morgan fingerprint density at radius 3 is 2.88 bits per heavy atom. The Hall–Kier alpha value is -1.14. The number of rotatable bonds is 2. The monoisotopic (exact) mass is 300 g/mol. The van der Waals surface area contributed by atoms with Gasteiger partial charge in [-0.05, 0) is 28.1 Å². The van der Waals surface area contributed by atoms with E-state index < -0.39 is 0 Å². The lowest BCUT2D eigenvalue weighted by molar-refractivity contribution is 0.602. The molecule has 16 heavy (non-hydrogen) atoms. The van der Waals surface area contributed by atoms with Crippen LogP contribution in [-0.4, -0.2) is 9.97 Å². The number of aromatic amines is 1. The summed E-state index contributed by atoms with van der Waals surface area (Å²) >= 11 is 4.21. The van der Waals surface area contributed by atoms with Crippen LogP contribution in [0.2, 0.25) is 0 Å². The minimum atomic E-state index is -0.332. The van der Waals surface area contributed by atoms with E-state index in [9.17, 15) is 9.18 Å². The van der Waals surface area contributed by atoms with Crippen LogP contribution >= 0.6 is 27.7 Å². The lowest BCUT2D eigenvalue weighted by Crippen LogP contribution is -2.07. The first-order valence-electron chi connectivity index (χ1n) is 4.34. The van der Waals surface area contributed by atoms with Crippen molar-refractivity contribution < 1.29 is 4.39 Å². The molecule has 0 atom stereocenters. The first kappa shape index (κ1) is 11.3. The molecule has 0 fully saturated rings. The van der Waals surface area contributed by atoms with Crippen molar-refractivity contribution in [3.05, 3.63) is 51.2 Å². The number of aromatic nitrogens is 2. The molecule has 0 radical (unpaired) electrons. The van der Waals surface area contributed by atoms with Gasteiger partial charge in [0.05, 0.1) is 6.33 Å². The molecule has 1 heterocycles. The molecule has 0 saturated heterocycles. The van der Waals surface area contributed by atoms with Gasteiger partial charge in [-0.3, -0.25) is 4.79 Å². The maximum absolute atomic E-state index is 13.4. The Morgan fingerprint density at radius 1 is 1.38 bits per heavy atom. The zero-order valence-electron chi connectivity index (χ0n) is 7.91. The van der Waals surface area contributed by atoms with Crippen molar-refractivity contribution in [3.63, 3.8) is 0 Å². The van der Waals surface area contributed by atoms with Gasteiger partial charge in [-0.2, -0.15) is 0 Å². The molecule has 0 bridgehead atoms. The zero-order valence-corrected chi connectivity index (χ0v) is 10.3. The number of nitrogens with one attached hydrogen (secondary N) is 1. The predicted molar refractivity (Wildman–Crippen MR) is 63.1 cm³/mol. The first-order chi connectivity index (χ1) is 7.68. The van der Waals surface area contributed by atoms with Gasteiger partial charge in [0.2, 0.25) is 0 Å². The summed E-state index contributed by atoms with van der Waals surface area (Å²) in [6.07, 6.45) is 1.29. The number of halogens is 2. The highest BCUT2D eigenvalue weighted by Crippen LogP contribution is 2.30. The third kappa shape index (κ3) is 2.33. The Balaban J connectivity index is 2.38. The van der Waals surface area contributed by atoms with Crippen molar-refractivity contribution in [2.45, 2.75) is 9.92 Å². The van der Waals surface area contributed by atoms with Crippen molar-refractivity contribution in [3.8, 4) is 0 Å². The summed E-state index contributed by atoms with van der Waals surface area (Å²) in [4.78, 5) is 18.1. The highest BCUT2D eigenvalue weighted by atomic mass is 79.9. The van der Waals surface area contributed by atoms with E-state index in [1.165, 1.54) is 12.4 Å². The molecule has 0 aliphatic heterocycles. The van der Waals surface area contributed by atoms with Gasteiger partial charge in [-0.25, -0.2) is 9.37 Å². The van der Waals surface area contributed by atoms with E-state index in [1.807, 2.05) is 0 Å². The van der Waals surface area contributed by atoms with E-state index in [-0.39, 0.29) is 11.4 Å². The van der Waals surface area contributed by atoms with Crippen LogP contribution in [0.5, 0.6) is 0 Å². The quantitative estimate of drug-likeness (QED) is 0.868. The van der Waals surface area contributed by atoms with Crippen LogP contribution in [0.4, 0.5) is 4.39 Å². The number of H-pyrrole nitrogens is 1.